The monoisotopic (exact) mass is 386 g/mol. The van der Waals surface area contributed by atoms with Crippen molar-refractivity contribution in [2.24, 2.45) is 5.92 Å². The summed E-state index contributed by atoms with van der Waals surface area (Å²) in [4.78, 5) is 7.75. The van der Waals surface area contributed by atoms with Gasteiger partial charge >= 0.3 is 0 Å². The molecule has 2 aliphatic rings. The van der Waals surface area contributed by atoms with Gasteiger partial charge in [0.1, 0.15) is 0 Å². The van der Waals surface area contributed by atoms with Crippen LogP contribution in [0.25, 0.3) is 0 Å². The first kappa shape index (κ1) is 18.2. The topological polar surface area (TPSA) is 6.48 Å². The van der Waals surface area contributed by atoms with Gasteiger partial charge in [-0.3, -0.25) is 4.90 Å². The molecule has 1 fully saturated rings. The molecule has 2 heterocycles. The lowest BCUT2D eigenvalue weighted by atomic mass is 9.97. The van der Waals surface area contributed by atoms with Crippen molar-refractivity contribution >= 4 is 34.7 Å². The average molecular weight is 387 g/mol. The SMILES string of the molecule is C[C@H]1CN(CCCN2c3ccccc3Sc3ccc(Cl)cc32)C(C)(C)C1. The highest BCUT2D eigenvalue weighted by Crippen LogP contribution is 2.48. The molecule has 0 saturated carbocycles. The summed E-state index contributed by atoms with van der Waals surface area (Å²) < 4.78 is 0. The zero-order valence-corrected chi connectivity index (χ0v) is 17.4. The molecule has 2 aromatic carbocycles. The Bertz CT molecular complexity index is 804. The predicted molar refractivity (Wildman–Crippen MR) is 113 cm³/mol. The molecule has 2 aliphatic heterocycles. The minimum atomic E-state index is 0.330. The maximum absolute atomic E-state index is 6.32. The molecule has 0 aromatic heterocycles. The number of benzene rings is 2. The minimum absolute atomic E-state index is 0.330. The molecule has 0 amide bonds. The molecule has 4 rings (SSSR count). The molecule has 138 valence electrons. The number of rotatable bonds is 4. The van der Waals surface area contributed by atoms with Crippen molar-refractivity contribution < 1.29 is 0 Å². The Morgan fingerprint density at radius 2 is 1.85 bits per heavy atom. The summed E-state index contributed by atoms with van der Waals surface area (Å²) in [5.41, 5.74) is 2.88. The Kier molecular flexibility index (Phi) is 4.98. The first-order valence-corrected chi connectivity index (χ1v) is 10.7. The van der Waals surface area contributed by atoms with Crippen LogP contribution in [0.15, 0.2) is 52.3 Å². The van der Waals surface area contributed by atoms with Crippen LogP contribution in [0.4, 0.5) is 11.4 Å². The molecule has 0 bridgehead atoms. The second kappa shape index (κ2) is 7.10. The predicted octanol–water partition coefficient (Wildman–Crippen LogP) is 6.45. The fraction of sp³-hybridized carbons (Fsp3) is 0.455. The molecule has 2 aromatic rings. The molecule has 0 N–H and O–H groups in total. The molecule has 2 nitrogen and oxygen atoms in total. The first-order chi connectivity index (χ1) is 12.4. The number of hydrogen-bond acceptors (Lipinski definition) is 3. The van der Waals surface area contributed by atoms with Gasteiger partial charge < -0.3 is 4.90 Å². The van der Waals surface area contributed by atoms with E-state index in [0.29, 0.717) is 5.54 Å². The van der Waals surface area contributed by atoms with Crippen LogP contribution in [0, 0.1) is 5.92 Å². The van der Waals surface area contributed by atoms with Crippen LogP contribution in [0.3, 0.4) is 0 Å². The molecule has 0 unspecified atom stereocenters. The number of para-hydroxylation sites is 1. The summed E-state index contributed by atoms with van der Waals surface area (Å²) in [5.74, 6) is 0.802. The highest BCUT2D eigenvalue weighted by Gasteiger charge is 2.35. The van der Waals surface area contributed by atoms with Gasteiger partial charge in [0.05, 0.1) is 11.4 Å². The Morgan fingerprint density at radius 3 is 2.62 bits per heavy atom. The van der Waals surface area contributed by atoms with E-state index in [0.717, 1.165) is 30.5 Å². The van der Waals surface area contributed by atoms with Crippen LogP contribution in [0.5, 0.6) is 0 Å². The molecule has 26 heavy (non-hydrogen) atoms. The Labute approximate surface area is 166 Å². The van der Waals surface area contributed by atoms with E-state index in [2.05, 4.69) is 67.0 Å². The lowest BCUT2D eigenvalue weighted by Crippen LogP contribution is -2.39. The van der Waals surface area contributed by atoms with E-state index in [9.17, 15) is 0 Å². The van der Waals surface area contributed by atoms with Gasteiger partial charge in [-0.2, -0.15) is 0 Å². The van der Waals surface area contributed by atoms with E-state index in [1.165, 1.54) is 34.1 Å². The molecular formula is C22H27ClN2S. The van der Waals surface area contributed by atoms with Gasteiger partial charge in [0.15, 0.2) is 0 Å². The Balaban J connectivity index is 1.54. The van der Waals surface area contributed by atoms with Gasteiger partial charge in [0.25, 0.3) is 0 Å². The van der Waals surface area contributed by atoms with E-state index in [1.54, 1.807) is 0 Å². The smallest absolute Gasteiger partial charge is 0.0567 e. The largest absolute Gasteiger partial charge is 0.340 e. The quantitative estimate of drug-likeness (QED) is 0.595. The van der Waals surface area contributed by atoms with E-state index in [1.807, 2.05) is 17.8 Å². The van der Waals surface area contributed by atoms with Crippen LogP contribution in [0.2, 0.25) is 5.02 Å². The minimum Gasteiger partial charge on any atom is -0.340 e. The number of nitrogens with zero attached hydrogens (tertiary/aromatic N) is 2. The summed E-state index contributed by atoms with van der Waals surface area (Å²) in [6.07, 6.45) is 2.45. The van der Waals surface area contributed by atoms with E-state index >= 15 is 0 Å². The summed E-state index contributed by atoms with van der Waals surface area (Å²) in [6, 6.07) is 15.0. The number of fused-ring (bicyclic) bond motifs is 2. The van der Waals surface area contributed by atoms with E-state index < -0.39 is 0 Å². The van der Waals surface area contributed by atoms with E-state index in [-0.39, 0.29) is 0 Å². The lowest BCUT2D eigenvalue weighted by Gasteiger charge is -2.35. The average Bonchev–Trinajstić information content (AvgIpc) is 2.86. The van der Waals surface area contributed by atoms with Crippen molar-refractivity contribution in [3.05, 3.63) is 47.5 Å². The van der Waals surface area contributed by atoms with Crippen LogP contribution in [-0.2, 0) is 0 Å². The first-order valence-electron chi connectivity index (χ1n) is 9.53. The fourth-order valence-electron chi connectivity index (χ4n) is 4.53. The summed E-state index contributed by atoms with van der Waals surface area (Å²) >= 11 is 8.16. The Morgan fingerprint density at radius 1 is 1.08 bits per heavy atom. The number of anilines is 2. The third-order valence-corrected chi connectivity index (χ3v) is 7.00. The van der Waals surface area contributed by atoms with Gasteiger partial charge in [-0.1, -0.05) is 42.4 Å². The van der Waals surface area contributed by atoms with Crippen molar-refractivity contribution in [2.45, 2.75) is 48.9 Å². The standard InChI is InChI=1S/C22H27ClN2S/c1-16-14-22(2,3)24(15-16)11-6-12-25-18-7-4-5-8-20(18)26-21-10-9-17(23)13-19(21)25/h4-5,7-10,13,16H,6,11-12,14-15H2,1-3H3/t16-/m1/s1. The lowest BCUT2D eigenvalue weighted by molar-refractivity contribution is 0.174. The highest BCUT2D eigenvalue weighted by molar-refractivity contribution is 7.99. The third kappa shape index (κ3) is 3.49. The Hall–Kier alpha value is -1.16. The number of halogens is 1. The summed E-state index contributed by atoms with van der Waals surface area (Å²) in [6.45, 7) is 10.5. The van der Waals surface area contributed by atoms with E-state index in [4.69, 9.17) is 11.6 Å². The molecular weight excluding hydrogens is 360 g/mol. The van der Waals surface area contributed by atoms with Gasteiger partial charge in [-0.15, -0.1) is 0 Å². The highest BCUT2D eigenvalue weighted by atomic mass is 35.5. The third-order valence-electron chi connectivity index (χ3n) is 5.63. The molecule has 1 atom stereocenters. The normalized spacial score (nSPS) is 21.5. The van der Waals surface area contributed by atoms with Crippen LogP contribution in [-0.4, -0.2) is 30.1 Å². The maximum Gasteiger partial charge on any atom is 0.0567 e. The van der Waals surface area contributed by atoms with Crippen molar-refractivity contribution in [1.82, 2.24) is 4.90 Å². The molecule has 0 aliphatic carbocycles. The molecule has 0 radical (unpaired) electrons. The second-order valence-electron chi connectivity index (χ2n) is 8.25. The van der Waals surface area contributed by atoms with Crippen LogP contribution < -0.4 is 4.90 Å². The zero-order chi connectivity index (χ0) is 18.3. The number of likely N-dealkylation sites (tertiary alicyclic amines) is 1. The van der Waals surface area contributed by atoms with Crippen molar-refractivity contribution in [1.29, 1.82) is 0 Å². The summed E-state index contributed by atoms with van der Waals surface area (Å²) in [7, 11) is 0. The van der Waals surface area contributed by atoms with Crippen molar-refractivity contribution in [2.75, 3.05) is 24.5 Å². The van der Waals surface area contributed by atoms with Gasteiger partial charge in [0.2, 0.25) is 0 Å². The van der Waals surface area contributed by atoms with Gasteiger partial charge in [-0.05, 0) is 62.9 Å². The van der Waals surface area contributed by atoms with Crippen molar-refractivity contribution in [3.63, 3.8) is 0 Å². The summed E-state index contributed by atoms with van der Waals surface area (Å²) in [5, 5.41) is 0.809. The maximum atomic E-state index is 6.32. The molecule has 0 spiro atoms. The molecule has 1 saturated heterocycles. The number of hydrogen-bond donors (Lipinski definition) is 0. The van der Waals surface area contributed by atoms with Crippen LogP contribution >= 0.6 is 23.4 Å². The van der Waals surface area contributed by atoms with Gasteiger partial charge in [-0.25, -0.2) is 0 Å². The van der Waals surface area contributed by atoms with Gasteiger partial charge in [0, 0.05) is 40.0 Å². The van der Waals surface area contributed by atoms with Crippen molar-refractivity contribution in [3.8, 4) is 0 Å². The van der Waals surface area contributed by atoms with Crippen LogP contribution in [0.1, 0.15) is 33.6 Å². The zero-order valence-electron chi connectivity index (χ0n) is 15.8. The fourth-order valence-corrected chi connectivity index (χ4v) is 5.77. The molecule has 4 heteroatoms. The second-order valence-corrected chi connectivity index (χ2v) is 9.77.